The number of benzene rings is 2. The normalized spacial score (nSPS) is 13.8. The second kappa shape index (κ2) is 5.82. The van der Waals surface area contributed by atoms with E-state index in [-0.39, 0.29) is 11.1 Å². The molecule has 2 N–H and O–H groups in total. The third-order valence-electron chi connectivity index (χ3n) is 3.62. The van der Waals surface area contributed by atoms with Crippen molar-refractivity contribution in [2.75, 3.05) is 7.11 Å². The maximum absolute atomic E-state index is 14.1. The summed E-state index contributed by atoms with van der Waals surface area (Å²) in [4.78, 5) is 0. The summed E-state index contributed by atoms with van der Waals surface area (Å²) in [5.41, 5.74) is 6.62. The summed E-state index contributed by atoms with van der Waals surface area (Å²) < 4.78 is 32.9. The molecule has 0 saturated heterocycles. The van der Waals surface area contributed by atoms with Gasteiger partial charge in [-0.15, -0.1) is 0 Å². The van der Waals surface area contributed by atoms with E-state index >= 15 is 0 Å². The Hall–Kier alpha value is -1.94. The van der Waals surface area contributed by atoms with Crippen molar-refractivity contribution < 1.29 is 13.5 Å². The molecule has 0 aliphatic carbocycles. The van der Waals surface area contributed by atoms with Gasteiger partial charge in [0.05, 0.1) is 7.11 Å². The van der Waals surface area contributed by atoms with Crippen molar-refractivity contribution in [2.45, 2.75) is 25.8 Å². The van der Waals surface area contributed by atoms with E-state index in [9.17, 15) is 8.78 Å². The number of hydrogen-bond acceptors (Lipinski definition) is 2. The lowest BCUT2D eigenvalue weighted by atomic mass is 9.85. The van der Waals surface area contributed by atoms with Crippen LogP contribution in [0.2, 0.25) is 0 Å². The maximum atomic E-state index is 14.1. The molecule has 0 heterocycles. The van der Waals surface area contributed by atoms with E-state index < -0.39 is 17.2 Å². The Kier molecular flexibility index (Phi) is 4.28. The highest BCUT2D eigenvalue weighted by Gasteiger charge is 2.27. The zero-order chi connectivity index (χ0) is 15.6. The van der Waals surface area contributed by atoms with Gasteiger partial charge in [-0.3, -0.25) is 0 Å². The molecule has 0 bridgehead atoms. The standard InChI is InChI=1S/C17H19F2NO/c1-11-4-9-14(16(19)15(11)18)17(2,20)10-12-5-7-13(21-3)8-6-12/h4-9H,10,20H2,1-3H3. The SMILES string of the molecule is COc1ccc(CC(C)(N)c2ccc(C)c(F)c2F)cc1. The summed E-state index contributed by atoms with van der Waals surface area (Å²) in [7, 11) is 1.59. The molecule has 1 unspecified atom stereocenters. The lowest BCUT2D eigenvalue weighted by Gasteiger charge is -2.26. The second-order valence-corrected chi connectivity index (χ2v) is 5.50. The molecule has 0 fully saturated rings. The van der Waals surface area contributed by atoms with E-state index in [0.717, 1.165) is 11.3 Å². The zero-order valence-electron chi connectivity index (χ0n) is 12.4. The van der Waals surface area contributed by atoms with Gasteiger partial charge < -0.3 is 10.5 Å². The maximum Gasteiger partial charge on any atom is 0.164 e. The molecular formula is C17H19F2NO. The first kappa shape index (κ1) is 15.4. The second-order valence-electron chi connectivity index (χ2n) is 5.50. The van der Waals surface area contributed by atoms with Crippen LogP contribution in [-0.4, -0.2) is 7.11 Å². The lowest BCUT2D eigenvalue weighted by Crippen LogP contribution is -2.36. The van der Waals surface area contributed by atoms with Crippen LogP contribution in [0.5, 0.6) is 5.75 Å². The molecule has 0 saturated carbocycles. The highest BCUT2D eigenvalue weighted by molar-refractivity contribution is 5.34. The van der Waals surface area contributed by atoms with Gasteiger partial charge in [0.1, 0.15) is 5.75 Å². The fraction of sp³-hybridized carbons (Fsp3) is 0.294. The monoisotopic (exact) mass is 291 g/mol. The van der Waals surface area contributed by atoms with Gasteiger partial charge >= 0.3 is 0 Å². The number of ether oxygens (including phenoxy) is 1. The minimum absolute atomic E-state index is 0.182. The zero-order valence-corrected chi connectivity index (χ0v) is 12.4. The van der Waals surface area contributed by atoms with Crippen molar-refractivity contribution >= 4 is 0 Å². The molecule has 0 aliphatic rings. The summed E-state index contributed by atoms with van der Waals surface area (Å²) >= 11 is 0. The average Bonchev–Trinajstić information content (AvgIpc) is 2.45. The van der Waals surface area contributed by atoms with Crippen molar-refractivity contribution in [2.24, 2.45) is 5.73 Å². The van der Waals surface area contributed by atoms with E-state index in [4.69, 9.17) is 10.5 Å². The van der Waals surface area contributed by atoms with Crippen LogP contribution in [0.25, 0.3) is 0 Å². The Morgan fingerprint density at radius 2 is 1.67 bits per heavy atom. The number of rotatable bonds is 4. The third-order valence-corrected chi connectivity index (χ3v) is 3.62. The quantitative estimate of drug-likeness (QED) is 0.932. The average molecular weight is 291 g/mol. The highest BCUT2D eigenvalue weighted by atomic mass is 19.2. The van der Waals surface area contributed by atoms with Gasteiger partial charge in [0, 0.05) is 11.1 Å². The fourth-order valence-corrected chi connectivity index (χ4v) is 2.35. The van der Waals surface area contributed by atoms with E-state index in [1.807, 2.05) is 24.3 Å². The third kappa shape index (κ3) is 3.22. The van der Waals surface area contributed by atoms with Crippen molar-refractivity contribution in [1.82, 2.24) is 0 Å². The van der Waals surface area contributed by atoms with Crippen molar-refractivity contribution in [3.8, 4) is 5.75 Å². The Balaban J connectivity index is 2.31. The smallest absolute Gasteiger partial charge is 0.164 e. The van der Waals surface area contributed by atoms with Gasteiger partial charge in [0.15, 0.2) is 11.6 Å². The van der Waals surface area contributed by atoms with E-state index in [1.54, 1.807) is 26.2 Å². The topological polar surface area (TPSA) is 35.2 Å². The number of hydrogen-bond donors (Lipinski definition) is 1. The van der Waals surface area contributed by atoms with Gasteiger partial charge in [0.2, 0.25) is 0 Å². The van der Waals surface area contributed by atoms with Gasteiger partial charge in [0.25, 0.3) is 0 Å². The van der Waals surface area contributed by atoms with Gasteiger partial charge in [-0.05, 0) is 43.5 Å². The van der Waals surface area contributed by atoms with Crippen LogP contribution in [0.15, 0.2) is 36.4 Å². The van der Waals surface area contributed by atoms with Crippen molar-refractivity contribution in [3.05, 3.63) is 64.7 Å². The van der Waals surface area contributed by atoms with Crippen LogP contribution in [-0.2, 0) is 12.0 Å². The molecule has 2 aromatic rings. The Bertz CT molecular complexity index is 636. The molecule has 4 heteroatoms. The first-order chi connectivity index (χ1) is 9.85. The molecule has 0 aliphatic heterocycles. The molecular weight excluding hydrogens is 272 g/mol. The Morgan fingerprint density at radius 1 is 1.05 bits per heavy atom. The van der Waals surface area contributed by atoms with Crippen LogP contribution in [0.1, 0.15) is 23.6 Å². The van der Waals surface area contributed by atoms with E-state index in [0.29, 0.717) is 6.42 Å². The molecule has 2 rings (SSSR count). The summed E-state index contributed by atoms with van der Waals surface area (Å²) in [6, 6.07) is 10.5. The number of nitrogens with two attached hydrogens (primary N) is 1. The van der Waals surface area contributed by atoms with Crippen LogP contribution >= 0.6 is 0 Å². The summed E-state index contributed by atoms with van der Waals surface area (Å²) in [6.45, 7) is 3.23. The predicted molar refractivity (Wildman–Crippen MR) is 79.3 cm³/mol. The molecule has 21 heavy (non-hydrogen) atoms. The molecule has 112 valence electrons. The molecule has 1 atom stereocenters. The number of methoxy groups -OCH3 is 1. The van der Waals surface area contributed by atoms with Crippen LogP contribution in [0, 0.1) is 18.6 Å². The molecule has 0 amide bonds. The summed E-state index contributed by atoms with van der Waals surface area (Å²) in [5.74, 6) is -0.961. The van der Waals surface area contributed by atoms with Crippen LogP contribution in [0.4, 0.5) is 8.78 Å². The fourth-order valence-electron chi connectivity index (χ4n) is 2.35. The van der Waals surface area contributed by atoms with Gasteiger partial charge in [-0.25, -0.2) is 8.78 Å². The Labute approximate surface area is 123 Å². The summed E-state index contributed by atoms with van der Waals surface area (Å²) in [6.07, 6.45) is 0.399. The van der Waals surface area contributed by atoms with E-state index in [1.165, 1.54) is 6.92 Å². The van der Waals surface area contributed by atoms with Crippen LogP contribution in [0.3, 0.4) is 0 Å². The minimum atomic E-state index is -0.993. The van der Waals surface area contributed by atoms with Crippen molar-refractivity contribution in [3.63, 3.8) is 0 Å². The first-order valence-corrected chi connectivity index (χ1v) is 6.72. The molecule has 2 nitrogen and oxygen atoms in total. The number of halogens is 2. The summed E-state index contributed by atoms with van der Waals surface area (Å²) in [5, 5.41) is 0. The van der Waals surface area contributed by atoms with E-state index in [2.05, 4.69) is 0 Å². The molecule has 2 aromatic carbocycles. The number of aryl methyl sites for hydroxylation is 1. The Morgan fingerprint density at radius 3 is 2.24 bits per heavy atom. The molecule has 0 spiro atoms. The highest BCUT2D eigenvalue weighted by Crippen LogP contribution is 2.28. The van der Waals surface area contributed by atoms with Crippen molar-refractivity contribution in [1.29, 1.82) is 0 Å². The predicted octanol–water partition coefficient (Wildman–Crippen LogP) is 3.70. The van der Waals surface area contributed by atoms with Gasteiger partial charge in [-0.2, -0.15) is 0 Å². The first-order valence-electron chi connectivity index (χ1n) is 6.72. The van der Waals surface area contributed by atoms with Gasteiger partial charge in [-0.1, -0.05) is 24.3 Å². The lowest BCUT2D eigenvalue weighted by molar-refractivity contribution is 0.413. The molecule has 0 radical (unpaired) electrons. The largest absolute Gasteiger partial charge is 0.497 e. The van der Waals surface area contributed by atoms with Crippen LogP contribution < -0.4 is 10.5 Å². The molecule has 0 aromatic heterocycles. The minimum Gasteiger partial charge on any atom is -0.497 e.